The first-order valence-corrected chi connectivity index (χ1v) is 33.3. The van der Waals surface area contributed by atoms with Gasteiger partial charge in [0.2, 0.25) is 11.8 Å². The molecule has 5 fully saturated rings. The van der Waals surface area contributed by atoms with Crippen LogP contribution in [-0.4, -0.2) is 337 Å². The second-order valence-electron chi connectivity index (χ2n) is 25.8. The molecule has 1 aliphatic carbocycles. The molecule has 2 unspecified atom stereocenters. The second kappa shape index (κ2) is 35.3. The van der Waals surface area contributed by atoms with Gasteiger partial charge in [-0.1, -0.05) is 25.5 Å². The summed E-state index contributed by atoms with van der Waals surface area (Å²) < 4.78 is 65.5. The van der Waals surface area contributed by atoms with Gasteiger partial charge in [-0.2, -0.15) is 0 Å². The van der Waals surface area contributed by atoms with E-state index < -0.39 is 252 Å². The summed E-state index contributed by atoms with van der Waals surface area (Å²) in [6.07, 6.45) is -48.7. The molecule has 0 radical (unpaired) electrons. The molecular weight excluding hydrogens is 1410 g/mol. The Bertz CT molecular complexity index is 3690. The zero-order valence-electron chi connectivity index (χ0n) is 56.2. The van der Waals surface area contributed by atoms with E-state index in [1.54, 1.807) is 6.08 Å². The minimum absolute atomic E-state index is 0.00337. The molecule has 22 N–H and O–H groups in total. The van der Waals surface area contributed by atoms with E-state index in [1.807, 2.05) is 6.92 Å². The summed E-state index contributed by atoms with van der Waals surface area (Å²) in [7, 11) is 0. The Kier molecular flexibility index (Phi) is 27.6. The lowest BCUT2D eigenvalue weighted by Crippen LogP contribution is -2.72. The van der Waals surface area contributed by atoms with Crippen molar-refractivity contribution in [3.8, 4) is 28.2 Å². The Hall–Kier alpha value is -7.02. The van der Waals surface area contributed by atoms with Gasteiger partial charge in [-0.25, -0.2) is 9.59 Å². The molecule has 0 saturated carbocycles. The number of phenolic OH excluding ortho intramolecular Hbond substituents is 1. The zero-order chi connectivity index (χ0) is 76.8. The van der Waals surface area contributed by atoms with Crippen LogP contribution >= 0.6 is 0 Å². The van der Waals surface area contributed by atoms with E-state index in [4.69, 9.17) is 51.8 Å². The number of rotatable bonds is 29. The van der Waals surface area contributed by atoms with Crippen LogP contribution in [0.5, 0.6) is 5.75 Å². The maximum Gasteiger partial charge on any atom is 0.364 e. The van der Waals surface area contributed by atoms with Crippen molar-refractivity contribution < 1.29 is 173 Å². The number of aromatic carboxylic acids is 1. The predicted octanol–water partition coefficient (Wildman–Crippen LogP) is -7.61. The molecule has 105 heavy (non-hydrogen) atoms. The van der Waals surface area contributed by atoms with Crippen molar-refractivity contribution in [1.29, 1.82) is 0 Å². The summed E-state index contributed by atoms with van der Waals surface area (Å²) in [6.45, 7) is -2.91. The largest absolute Gasteiger partial charge is 0.508 e. The van der Waals surface area contributed by atoms with E-state index in [-0.39, 0.29) is 50.3 Å². The molecule has 0 spiro atoms. The molecule has 5 saturated heterocycles. The third-order valence-corrected chi connectivity index (χ3v) is 18.5. The molecular formula is C66H87N3O36. The van der Waals surface area contributed by atoms with Crippen LogP contribution in [0.25, 0.3) is 33.4 Å². The number of unbranched alkanes of at least 4 members (excludes halogenated alkanes) is 1. The van der Waals surface area contributed by atoms with Crippen LogP contribution in [0.3, 0.4) is 0 Å². The summed E-state index contributed by atoms with van der Waals surface area (Å²) in [6, 6.07) is 5.99. The highest BCUT2D eigenvalue weighted by Gasteiger charge is 2.62. The van der Waals surface area contributed by atoms with Gasteiger partial charge in [-0.05, 0) is 54.4 Å². The number of amides is 3. The van der Waals surface area contributed by atoms with E-state index in [2.05, 4.69) is 16.0 Å². The van der Waals surface area contributed by atoms with Gasteiger partial charge in [0.15, 0.2) is 30.6 Å². The van der Waals surface area contributed by atoms with Crippen LogP contribution in [0.1, 0.15) is 60.7 Å². The lowest BCUT2D eigenvalue weighted by Gasteiger charge is -2.52. The third kappa shape index (κ3) is 17.9. The molecule has 6 heterocycles. The van der Waals surface area contributed by atoms with Gasteiger partial charge >= 0.3 is 11.9 Å². The van der Waals surface area contributed by atoms with Crippen LogP contribution < -0.4 is 21.4 Å². The number of phenols is 1. The fourth-order valence-corrected chi connectivity index (χ4v) is 13.1. The van der Waals surface area contributed by atoms with Crippen molar-refractivity contribution in [3.63, 3.8) is 0 Å². The van der Waals surface area contributed by atoms with Crippen molar-refractivity contribution in [2.45, 2.75) is 211 Å². The first-order valence-electron chi connectivity index (χ1n) is 33.3. The Labute approximate surface area is 594 Å². The highest BCUT2D eigenvalue weighted by molar-refractivity contribution is 6.09. The summed E-state index contributed by atoms with van der Waals surface area (Å²) in [5.41, 5.74) is -0.566. The molecule has 39 nitrogen and oxygen atoms in total. The minimum Gasteiger partial charge on any atom is -0.508 e. The van der Waals surface area contributed by atoms with Crippen molar-refractivity contribution in [3.05, 3.63) is 88.1 Å². The van der Waals surface area contributed by atoms with E-state index in [1.165, 1.54) is 48.5 Å². The van der Waals surface area contributed by atoms with E-state index in [0.717, 1.165) is 26.0 Å². The number of benzene rings is 3. The lowest BCUT2D eigenvalue weighted by atomic mass is 9.88. The zero-order valence-corrected chi connectivity index (χ0v) is 56.2. The van der Waals surface area contributed by atoms with E-state index in [0.29, 0.717) is 12.8 Å². The number of ether oxygens (including phenoxy) is 10. The molecule has 9 rings (SSSR count). The molecule has 28 atom stereocenters. The summed E-state index contributed by atoms with van der Waals surface area (Å²) in [5.74, 6) is -10.1. The molecule has 6 aliphatic heterocycles. The quantitative estimate of drug-likeness (QED) is 0.0177. The fourth-order valence-electron chi connectivity index (χ4n) is 13.1. The number of allylic oxidation sites excluding steroid dienone is 1. The number of nitrogens with one attached hydrogen (secondary N) is 3. The van der Waals surface area contributed by atoms with Crippen LogP contribution in [0, 0.1) is 0 Å². The molecule has 0 aromatic heterocycles. The number of hydrogen-bond acceptors (Lipinski definition) is 34. The number of carbonyl (C=O) groups excluding carboxylic acids is 3. The van der Waals surface area contributed by atoms with Crippen molar-refractivity contribution >= 4 is 40.6 Å². The average molecular weight is 1500 g/mol. The fraction of sp³-hybridized carbons (Fsp3) is 0.606. The van der Waals surface area contributed by atoms with Gasteiger partial charge in [0, 0.05) is 54.5 Å². The van der Waals surface area contributed by atoms with Crippen molar-refractivity contribution in [2.24, 2.45) is 0 Å². The highest BCUT2D eigenvalue weighted by Crippen LogP contribution is 2.44. The van der Waals surface area contributed by atoms with Crippen molar-refractivity contribution in [1.82, 2.24) is 16.0 Å². The lowest BCUT2D eigenvalue weighted by molar-refractivity contribution is -0.403. The highest BCUT2D eigenvalue weighted by atomic mass is 16.8. The third-order valence-electron chi connectivity index (χ3n) is 18.5. The Morgan fingerprint density at radius 2 is 1.24 bits per heavy atom. The summed E-state index contributed by atoms with van der Waals surface area (Å²) in [5, 5.41) is 217. The molecule has 0 bridgehead atoms. The standard InChI is InChI=1S/C66H87N3O36/c1-4-5-6-7-34(79)33(69-59(90)26-8-11-29(60(91)92)32(14-26)43-30-12-9-27(77)15-37(30)96-38-16-28(78)10-13-31(38)43)23-95-62-52(88)50(86)54(41(21-73)99-62)101-64-53(89)58(105-66(65(93)94)17-35(80)44(67-24(2)75)57(104-66)46(82)36(81)18-70)55(42(22-74)100-64)102-61-45(68-25(3)76)56(48(84)40(20-72)97-61)103-63-51(87)49(85)47(83)39(19-71)98-63/h6-16,33-36,39-42,44-58,61-64,70-74,77,79-89H,4-5,17-23H2,1-3H3,(H,67,75)(H,68,76)(H,69,90)(H,91,92)(H,93,94)/b7-6+/t33?,34?,35-,36+,39+,40+,41+,42+,44+,45+,46+,47-,48-,49-,50+,51+,52+,53+,54+,55-,56+,57+,58+,61-,62+,63-,64-,66-/m0/s1. The minimum atomic E-state index is -3.44. The average Bonchev–Trinajstić information content (AvgIpc) is 0.752. The number of carbonyl (C=O) groups is 5. The molecule has 3 amide bonds. The van der Waals surface area contributed by atoms with Crippen LogP contribution in [0.2, 0.25) is 0 Å². The SMILES string of the molecule is CCC/C=C/C(O)C(CO[C@@H]1O[C@H](CO)[C@@H](O[C@@H]2O[C@H](CO)[C@H](O[C@@H]3O[C@H](CO)[C@H](O)[C@H](O[C@@H]4O[C@H](CO)[C@H](O)[C@H](O)[C@H]4O)[C@H]3NC(C)=O)[C@H](O[C@]3(C(=O)O)C[C@H](O)[C@@H](NC(C)=O)[C@H]([C@H](O)[C@H](O)CO)O3)[C@H]2O)[C@H](O)[C@H]1O)NC(=O)c1ccc(C(=O)O)c(-c2c3ccc(=O)cc-3oc3cc(O)ccc23)c1. The first kappa shape index (κ1) is 82.0. The normalized spacial score (nSPS) is 35.0. The number of carboxylic acid groups (broad SMARTS) is 2. The maximum absolute atomic E-state index is 14.5. The van der Waals surface area contributed by atoms with Crippen molar-refractivity contribution in [2.75, 3.05) is 39.6 Å². The number of fused-ring (bicyclic) bond motifs is 2. The van der Waals surface area contributed by atoms with Gasteiger partial charge in [-0.3, -0.25) is 19.2 Å². The summed E-state index contributed by atoms with van der Waals surface area (Å²) >= 11 is 0. The smallest absolute Gasteiger partial charge is 0.364 e. The predicted molar refractivity (Wildman–Crippen MR) is 345 cm³/mol. The Morgan fingerprint density at radius 1 is 0.638 bits per heavy atom. The van der Waals surface area contributed by atoms with Gasteiger partial charge in [0.25, 0.3) is 11.7 Å². The summed E-state index contributed by atoms with van der Waals surface area (Å²) in [4.78, 5) is 79.2. The number of aliphatic hydroxyl groups excluding tert-OH is 16. The maximum atomic E-state index is 14.5. The molecule has 2 aromatic rings. The number of aliphatic carboxylic acids is 1. The van der Waals surface area contributed by atoms with Gasteiger partial charge in [0.05, 0.1) is 69.5 Å². The topological polar surface area (TPSA) is 628 Å². The number of hydrogen-bond donors (Lipinski definition) is 22. The number of carboxylic acids is 2. The monoisotopic (exact) mass is 1500 g/mol. The van der Waals surface area contributed by atoms with Crippen LogP contribution in [0.4, 0.5) is 0 Å². The van der Waals surface area contributed by atoms with Crippen LogP contribution in [0.15, 0.2) is 76.0 Å². The van der Waals surface area contributed by atoms with Gasteiger partial charge in [-0.15, -0.1) is 0 Å². The Morgan fingerprint density at radius 3 is 1.88 bits per heavy atom. The van der Waals surface area contributed by atoms with Gasteiger partial charge < -0.3 is 165 Å². The van der Waals surface area contributed by atoms with E-state index in [9.17, 15) is 126 Å². The number of aromatic hydroxyl groups is 1. The molecule has 7 aliphatic rings. The van der Waals surface area contributed by atoms with Crippen LogP contribution in [-0.2, 0) is 61.8 Å². The molecule has 582 valence electrons. The van der Waals surface area contributed by atoms with Gasteiger partial charge in [0.1, 0.15) is 133 Å². The van der Waals surface area contributed by atoms with E-state index >= 15 is 0 Å². The Balaban J connectivity index is 1.02. The number of aliphatic hydroxyl groups is 16. The molecule has 39 heteroatoms. The molecule has 2 aromatic carbocycles. The second-order valence-corrected chi connectivity index (χ2v) is 25.8. The first-order chi connectivity index (χ1) is 49.8.